The minimum Gasteiger partial charge on any atom is -0.383 e. The molecule has 0 aliphatic heterocycles. The van der Waals surface area contributed by atoms with Gasteiger partial charge in [0.15, 0.2) is 0 Å². The van der Waals surface area contributed by atoms with Crippen molar-refractivity contribution in [2.45, 2.75) is 25.9 Å². The van der Waals surface area contributed by atoms with Crippen LogP contribution in [0.3, 0.4) is 0 Å². The number of halogens is 1. The van der Waals surface area contributed by atoms with Gasteiger partial charge >= 0.3 is 0 Å². The van der Waals surface area contributed by atoms with E-state index in [1.54, 1.807) is 7.11 Å². The molecule has 0 aliphatic rings. The normalized spacial score (nSPS) is 12.1. The summed E-state index contributed by atoms with van der Waals surface area (Å²) >= 11 is 3.48. The quantitative estimate of drug-likeness (QED) is 0.381. The molecule has 1 N–H and O–H groups in total. The molecule has 1 aromatic heterocycles. The Bertz CT molecular complexity index is 1350. The first-order chi connectivity index (χ1) is 15.5. The van der Waals surface area contributed by atoms with Crippen LogP contribution in [0.5, 0.6) is 0 Å². The molecular weight excluding hydrogens is 464 g/mol. The molecule has 32 heavy (non-hydrogen) atoms. The van der Waals surface area contributed by atoms with Crippen LogP contribution in [-0.2, 0) is 17.7 Å². The summed E-state index contributed by atoms with van der Waals surface area (Å²) in [5.41, 5.74) is 6.53. The fourth-order valence-corrected chi connectivity index (χ4v) is 4.64. The van der Waals surface area contributed by atoms with Crippen molar-refractivity contribution in [1.29, 1.82) is 10.7 Å². The zero-order valence-corrected chi connectivity index (χ0v) is 19.8. The van der Waals surface area contributed by atoms with Gasteiger partial charge in [-0.1, -0.05) is 48.0 Å². The number of fused-ring (bicyclic) bond motifs is 1. The Hall–Kier alpha value is -3.14. The third-order valence-corrected chi connectivity index (χ3v) is 6.38. The topological polar surface area (TPSA) is 66.7 Å². The Morgan fingerprint density at radius 1 is 1.03 bits per heavy atom. The highest BCUT2D eigenvalue weighted by Gasteiger charge is 2.19. The highest BCUT2D eigenvalue weighted by atomic mass is 79.9. The molecule has 1 atom stereocenters. The van der Waals surface area contributed by atoms with E-state index in [1.165, 1.54) is 11.1 Å². The van der Waals surface area contributed by atoms with Crippen LogP contribution in [0.2, 0.25) is 0 Å². The summed E-state index contributed by atoms with van der Waals surface area (Å²) in [4.78, 5) is 0. The molecule has 0 aliphatic carbocycles. The van der Waals surface area contributed by atoms with Crippen LogP contribution in [0.1, 0.15) is 28.3 Å². The van der Waals surface area contributed by atoms with Gasteiger partial charge in [-0.25, -0.2) is 0 Å². The minimum absolute atomic E-state index is 0.00550. The average molecular weight is 489 g/mol. The van der Waals surface area contributed by atoms with E-state index in [-0.39, 0.29) is 6.04 Å². The molecule has 0 spiro atoms. The van der Waals surface area contributed by atoms with Gasteiger partial charge in [0.05, 0.1) is 35.8 Å². The molecule has 4 rings (SSSR count). The maximum atomic E-state index is 9.21. The molecule has 3 aromatic carbocycles. The number of hydrogen-bond donors (Lipinski definition) is 1. The van der Waals surface area contributed by atoms with E-state index >= 15 is 0 Å². The van der Waals surface area contributed by atoms with E-state index < -0.39 is 0 Å². The lowest BCUT2D eigenvalue weighted by atomic mass is 10.0. The van der Waals surface area contributed by atoms with E-state index in [1.807, 2.05) is 34.9 Å². The zero-order chi connectivity index (χ0) is 22.7. The molecule has 5 nitrogen and oxygen atoms in total. The molecule has 1 heterocycles. The molecule has 6 heteroatoms. The van der Waals surface area contributed by atoms with Crippen LogP contribution in [0.25, 0.3) is 11.0 Å². The number of aromatic nitrogens is 2. The van der Waals surface area contributed by atoms with Crippen LogP contribution < -0.4 is 5.62 Å². The van der Waals surface area contributed by atoms with E-state index in [0.717, 1.165) is 27.5 Å². The second-order valence-corrected chi connectivity index (χ2v) is 8.85. The number of nitrogens with one attached hydrogen (secondary N) is 1. The number of ether oxygens (including phenoxy) is 1. The third-order valence-electron chi connectivity index (χ3n) is 5.73. The SMILES string of the molecule is COCC(Cc1ccc(C)cc1)n1c(=N)n(Cc2ccc(C#N)c(Br)c2)c2ccccc21. The van der Waals surface area contributed by atoms with Crippen molar-refractivity contribution in [2.24, 2.45) is 0 Å². The molecular formula is C26H25BrN4O. The first-order valence-electron chi connectivity index (χ1n) is 10.5. The Balaban J connectivity index is 1.78. The summed E-state index contributed by atoms with van der Waals surface area (Å²) in [6.45, 7) is 3.14. The predicted molar refractivity (Wildman–Crippen MR) is 130 cm³/mol. The van der Waals surface area contributed by atoms with Crippen molar-refractivity contribution in [3.05, 3.63) is 99.1 Å². The number of methoxy groups -OCH3 is 1. The van der Waals surface area contributed by atoms with Gasteiger partial charge in [-0.2, -0.15) is 5.26 Å². The fraction of sp³-hybridized carbons (Fsp3) is 0.231. The number of imidazole rings is 1. The zero-order valence-electron chi connectivity index (χ0n) is 18.2. The maximum Gasteiger partial charge on any atom is 0.203 e. The van der Waals surface area contributed by atoms with Gasteiger partial charge in [-0.3, -0.25) is 5.41 Å². The van der Waals surface area contributed by atoms with Gasteiger partial charge in [0.25, 0.3) is 0 Å². The van der Waals surface area contributed by atoms with Crippen LogP contribution in [0.4, 0.5) is 0 Å². The number of para-hydroxylation sites is 2. The first-order valence-corrected chi connectivity index (χ1v) is 11.3. The Labute approximate surface area is 196 Å². The standard InChI is InChI=1S/C26H25BrN4O/c1-18-7-9-19(10-8-18)13-22(17-32-2)31-25-6-4-3-5-24(25)30(26(31)29)16-20-11-12-21(15-28)23(27)14-20/h3-12,14,22,29H,13,16-17H2,1-2H3. The Morgan fingerprint density at radius 2 is 1.72 bits per heavy atom. The number of nitrogens with zero attached hydrogens (tertiary/aromatic N) is 3. The van der Waals surface area contributed by atoms with Gasteiger partial charge < -0.3 is 13.9 Å². The maximum absolute atomic E-state index is 9.21. The molecule has 0 amide bonds. The van der Waals surface area contributed by atoms with Crippen molar-refractivity contribution in [3.63, 3.8) is 0 Å². The molecule has 1 unspecified atom stereocenters. The van der Waals surface area contributed by atoms with Gasteiger partial charge in [-0.05, 0) is 64.7 Å². The minimum atomic E-state index is -0.00550. The number of aryl methyl sites for hydroxylation is 1. The molecule has 162 valence electrons. The Kier molecular flexibility index (Phi) is 6.59. The smallest absolute Gasteiger partial charge is 0.203 e. The number of benzene rings is 3. The van der Waals surface area contributed by atoms with Gasteiger partial charge in [0.2, 0.25) is 5.62 Å². The Morgan fingerprint density at radius 3 is 2.38 bits per heavy atom. The lowest BCUT2D eigenvalue weighted by molar-refractivity contribution is 0.154. The largest absolute Gasteiger partial charge is 0.383 e. The van der Waals surface area contributed by atoms with E-state index in [2.05, 4.69) is 69.9 Å². The summed E-state index contributed by atoms with van der Waals surface area (Å²) in [7, 11) is 1.71. The van der Waals surface area contributed by atoms with Crippen LogP contribution in [0, 0.1) is 23.7 Å². The predicted octanol–water partition coefficient (Wildman–Crippen LogP) is 5.34. The molecule has 0 bridgehead atoms. The van der Waals surface area contributed by atoms with Crippen LogP contribution >= 0.6 is 15.9 Å². The van der Waals surface area contributed by atoms with E-state index in [4.69, 9.17) is 10.1 Å². The highest BCUT2D eigenvalue weighted by molar-refractivity contribution is 9.10. The number of nitriles is 1. The summed E-state index contributed by atoms with van der Waals surface area (Å²) in [5, 5.41) is 18.3. The summed E-state index contributed by atoms with van der Waals surface area (Å²) in [5.74, 6) is 0. The fourth-order valence-electron chi connectivity index (χ4n) is 4.13. The molecule has 4 aromatic rings. The summed E-state index contributed by atoms with van der Waals surface area (Å²) in [6.07, 6.45) is 0.779. The van der Waals surface area contributed by atoms with Gasteiger partial charge in [-0.15, -0.1) is 0 Å². The van der Waals surface area contributed by atoms with E-state index in [0.29, 0.717) is 24.3 Å². The van der Waals surface area contributed by atoms with Crippen molar-refractivity contribution in [1.82, 2.24) is 9.13 Å². The van der Waals surface area contributed by atoms with Crippen molar-refractivity contribution >= 4 is 27.0 Å². The molecule has 0 fully saturated rings. The number of rotatable bonds is 7. The highest BCUT2D eigenvalue weighted by Crippen LogP contribution is 2.23. The second kappa shape index (κ2) is 9.56. The summed E-state index contributed by atoms with van der Waals surface area (Å²) < 4.78 is 10.4. The van der Waals surface area contributed by atoms with Crippen molar-refractivity contribution in [2.75, 3.05) is 13.7 Å². The molecule has 0 saturated heterocycles. The van der Waals surface area contributed by atoms with Crippen LogP contribution in [0.15, 0.2) is 71.2 Å². The molecule has 0 radical (unpaired) electrons. The summed E-state index contributed by atoms with van der Waals surface area (Å²) in [6, 6.07) is 24.6. The number of hydrogen-bond acceptors (Lipinski definition) is 3. The van der Waals surface area contributed by atoms with Crippen molar-refractivity contribution in [3.8, 4) is 6.07 Å². The van der Waals surface area contributed by atoms with Gasteiger partial charge in [0, 0.05) is 11.6 Å². The monoisotopic (exact) mass is 488 g/mol. The average Bonchev–Trinajstić information content (AvgIpc) is 3.06. The lowest BCUT2D eigenvalue weighted by Crippen LogP contribution is -2.31. The van der Waals surface area contributed by atoms with Crippen LogP contribution in [-0.4, -0.2) is 22.9 Å². The van der Waals surface area contributed by atoms with Crippen molar-refractivity contribution < 1.29 is 4.74 Å². The first kappa shape index (κ1) is 22.1. The van der Waals surface area contributed by atoms with Gasteiger partial charge in [0.1, 0.15) is 6.07 Å². The second-order valence-electron chi connectivity index (χ2n) is 7.99. The third kappa shape index (κ3) is 4.40. The van der Waals surface area contributed by atoms with E-state index in [9.17, 15) is 5.26 Å². The lowest BCUT2D eigenvalue weighted by Gasteiger charge is -2.19. The molecule has 0 saturated carbocycles.